The molecule has 6 nitrogen and oxygen atoms in total. The minimum atomic E-state index is -0.0167. The Morgan fingerprint density at radius 3 is 2.50 bits per heavy atom. The van der Waals surface area contributed by atoms with E-state index in [0.717, 1.165) is 38.7 Å². The Balaban J connectivity index is 1.42. The number of hydrogen-bond donors (Lipinski definition) is 1. The molecule has 0 radical (unpaired) electrons. The molecule has 7 heteroatoms. The highest BCUT2D eigenvalue weighted by atomic mass is 35.5. The van der Waals surface area contributed by atoms with Gasteiger partial charge in [0.05, 0.1) is 10.7 Å². The van der Waals surface area contributed by atoms with E-state index in [1.807, 2.05) is 18.2 Å². The van der Waals surface area contributed by atoms with E-state index < -0.39 is 0 Å². The summed E-state index contributed by atoms with van der Waals surface area (Å²) >= 11 is 6.05. The first-order valence-electron chi connectivity index (χ1n) is 8.01. The van der Waals surface area contributed by atoms with E-state index in [-0.39, 0.29) is 5.91 Å². The van der Waals surface area contributed by atoms with E-state index >= 15 is 0 Å². The number of carbonyl (C=O) groups is 1. The molecular formula is C17H20ClN5O. The van der Waals surface area contributed by atoms with Crippen molar-refractivity contribution in [1.29, 1.82) is 0 Å². The highest BCUT2D eigenvalue weighted by molar-refractivity contribution is 6.33. The number of nitrogens with one attached hydrogen (secondary N) is 1. The number of para-hydroxylation sites is 1. The maximum atomic E-state index is 12.1. The van der Waals surface area contributed by atoms with Gasteiger partial charge in [-0.3, -0.25) is 9.69 Å². The van der Waals surface area contributed by atoms with Crippen molar-refractivity contribution in [2.75, 3.05) is 42.9 Å². The predicted octanol–water partition coefficient (Wildman–Crippen LogP) is 2.28. The number of halogens is 1. The second-order valence-corrected chi connectivity index (χ2v) is 6.06. The van der Waals surface area contributed by atoms with Crippen molar-refractivity contribution < 1.29 is 4.79 Å². The molecule has 2 heterocycles. The van der Waals surface area contributed by atoms with Crippen LogP contribution >= 0.6 is 11.6 Å². The van der Waals surface area contributed by atoms with E-state index in [1.54, 1.807) is 24.5 Å². The SMILES string of the molecule is O=C(CCN1CCN(c2ncccn2)CC1)Nc1ccccc1Cl. The van der Waals surface area contributed by atoms with E-state index in [2.05, 4.69) is 25.1 Å². The van der Waals surface area contributed by atoms with Crippen LogP contribution in [0.15, 0.2) is 42.7 Å². The fraction of sp³-hybridized carbons (Fsp3) is 0.353. The van der Waals surface area contributed by atoms with Gasteiger partial charge in [-0.15, -0.1) is 0 Å². The fourth-order valence-corrected chi connectivity index (χ4v) is 2.84. The largest absolute Gasteiger partial charge is 0.338 e. The number of hydrogen-bond acceptors (Lipinski definition) is 5. The summed E-state index contributed by atoms with van der Waals surface area (Å²) in [5, 5.41) is 3.41. The van der Waals surface area contributed by atoms with Gasteiger partial charge in [-0.05, 0) is 18.2 Å². The van der Waals surface area contributed by atoms with Crippen LogP contribution < -0.4 is 10.2 Å². The van der Waals surface area contributed by atoms with Gasteiger partial charge in [-0.2, -0.15) is 0 Å². The maximum Gasteiger partial charge on any atom is 0.225 e. The molecule has 0 aliphatic carbocycles. The van der Waals surface area contributed by atoms with Gasteiger partial charge >= 0.3 is 0 Å². The molecule has 24 heavy (non-hydrogen) atoms. The Morgan fingerprint density at radius 2 is 1.79 bits per heavy atom. The predicted molar refractivity (Wildman–Crippen MR) is 95.4 cm³/mol. The first-order chi connectivity index (χ1) is 11.7. The molecule has 1 aliphatic rings. The molecule has 0 atom stereocenters. The molecule has 1 aliphatic heterocycles. The summed E-state index contributed by atoms with van der Waals surface area (Å²) in [5.41, 5.74) is 0.662. The number of nitrogens with zero attached hydrogens (tertiary/aromatic N) is 4. The first-order valence-corrected chi connectivity index (χ1v) is 8.39. The summed E-state index contributed by atoms with van der Waals surface area (Å²) in [4.78, 5) is 25.1. The third kappa shape index (κ3) is 4.43. The van der Waals surface area contributed by atoms with Gasteiger partial charge in [0.15, 0.2) is 0 Å². The second-order valence-electron chi connectivity index (χ2n) is 5.66. The van der Waals surface area contributed by atoms with Crippen molar-refractivity contribution in [2.24, 2.45) is 0 Å². The number of piperazine rings is 1. The van der Waals surface area contributed by atoms with Crippen LogP contribution in [0.2, 0.25) is 5.02 Å². The molecule has 3 rings (SSSR count). The molecular weight excluding hydrogens is 326 g/mol. The number of aromatic nitrogens is 2. The zero-order valence-electron chi connectivity index (χ0n) is 13.4. The van der Waals surface area contributed by atoms with E-state index in [1.165, 1.54) is 0 Å². The molecule has 1 aromatic heterocycles. The highest BCUT2D eigenvalue weighted by Crippen LogP contribution is 2.20. The second kappa shape index (κ2) is 8.08. The normalized spacial score (nSPS) is 15.3. The summed E-state index contributed by atoms with van der Waals surface area (Å²) in [6, 6.07) is 9.08. The quantitative estimate of drug-likeness (QED) is 0.900. The molecule has 0 unspecified atom stereocenters. The van der Waals surface area contributed by atoms with Crippen LogP contribution in [0, 0.1) is 0 Å². The third-order valence-electron chi connectivity index (χ3n) is 4.01. The van der Waals surface area contributed by atoms with Crippen LogP contribution in [0.5, 0.6) is 0 Å². The van der Waals surface area contributed by atoms with Crippen molar-refractivity contribution in [1.82, 2.24) is 14.9 Å². The summed E-state index contributed by atoms with van der Waals surface area (Å²) in [6.45, 7) is 4.28. The Kier molecular flexibility index (Phi) is 5.61. The Bertz CT molecular complexity index is 674. The molecule has 1 aromatic carbocycles. The third-order valence-corrected chi connectivity index (χ3v) is 4.34. The van der Waals surface area contributed by atoms with Crippen LogP contribution in [0.3, 0.4) is 0 Å². The van der Waals surface area contributed by atoms with Gasteiger partial charge in [-0.1, -0.05) is 23.7 Å². The molecule has 2 aromatic rings. The summed E-state index contributed by atoms with van der Waals surface area (Å²) in [7, 11) is 0. The van der Waals surface area contributed by atoms with Gasteiger partial charge in [-0.25, -0.2) is 9.97 Å². The average Bonchev–Trinajstić information content (AvgIpc) is 2.63. The van der Waals surface area contributed by atoms with Gasteiger partial charge < -0.3 is 10.2 Å². The summed E-state index contributed by atoms with van der Waals surface area (Å²) < 4.78 is 0. The topological polar surface area (TPSA) is 61.4 Å². The summed E-state index contributed by atoms with van der Waals surface area (Å²) in [5.74, 6) is 0.755. The highest BCUT2D eigenvalue weighted by Gasteiger charge is 2.19. The minimum Gasteiger partial charge on any atom is -0.338 e. The number of amides is 1. The minimum absolute atomic E-state index is 0.0167. The molecule has 1 saturated heterocycles. The standard InChI is InChI=1S/C17H20ClN5O/c18-14-4-1-2-5-15(14)21-16(24)6-9-22-10-12-23(13-11-22)17-19-7-3-8-20-17/h1-5,7-8H,6,9-13H2,(H,21,24). The smallest absolute Gasteiger partial charge is 0.225 e. The molecule has 0 saturated carbocycles. The lowest BCUT2D eigenvalue weighted by molar-refractivity contribution is -0.116. The van der Waals surface area contributed by atoms with Crippen LogP contribution in [0.1, 0.15) is 6.42 Å². The van der Waals surface area contributed by atoms with E-state index in [9.17, 15) is 4.79 Å². The van der Waals surface area contributed by atoms with Crippen LogP contribution in [-0.2, 0) is 4.79 Å². The van der Waals surface area contributed by atoms with E-state index in [4.69, 9.17) is 11.6 Å². The van der Waals surface area contributed by atoms with Gasteiger partial charge in [0.25, 0.3) is 0 Å². The molecule has 1 N–H and O–H groups in total. The van der Waals surface area contributed by atoms with Crippen molar-refractivity contribution in [3.63, 3.8) is 0 Å². The Labute approximate surface area is 146 Å². The van der Waals surface area contributed by atoms with Crippen molar-refractivity contribution in [3.8, 4) is 0 Å². The van der Waals surface area contributed by atoms with E-state index in [0.29, 0.717) is 17.1 Å². The van der Waals surface area contributed by atoms with Crippen LogP contribution in [0.4, 0.5) is 11.6 Å². The molecule has 0 spiro atoms. The van der Waals surface area contributed by atoms with Crippen LogP contribution in [0.25, 0.3) is 0 Å². The maximum absolute atomic E-state index is 12.1. The van der Waals surface area contributed by atoms with Gasteiger partial charge in [0.1, 0.15) is 0 Å². The monoisotopic (exact) mass is 345 g/mol. The zero-order chi connectivity index (χ0) is 16.8. The lowest BCUT2D eigenvalue weighted by atomic mass is 10.2. The van der Waals surface area contributed by atoms with Gasteiger partial charge in [0, 0.05) is 51.5 Å². The number of anilines is 2. The van der Waals surface area contributed by atoms with Crippen molar-refractivity contribution in [3.05, 3.63) is 47.7 Å². The molecule has 0 bridgehead atoms. The lowest BCUT2D eigenvalue weighted by Crippen LogP contribution is -2.47. The molecule has 126 valence electrons. The first kappa shape index (κ1) is 16.7. The zero-order valence-corrected chi connectivity index (χ0v) is 14.1. The molecule has 1 amide bonds. The Hall–Kier alpha value is -2.18. The van der Waals surface area contributed by atoms with Crippen molar-refractivity contribution >= 4 is 29.1 Å². The number of carbonyl (C=O) groups excluding carboxylic acids is 1. The average molecular weight is 346 g/mol. The Morgan fingerprint density at radius 1 is 1.08 bits per heavy atom. The molecule has 1 fully saturated rings. The number of benzene rings is 1. The fourth-order valence-electron chi connectivity index (χ4n) is 2.66. The van der Waals surface area contributed by atoms with Gasteiger partial charge in [0.2, 0.25) is 11.9 Å². The van der Waals surface area contributed by atoms with Crippen molar-refractivity contribution in [2.45, 2.75) is 6.42 Å². The van der Waals surface area contributed by atoms with Crippen LogP contribution in [-0.4, -0.2) is 53.5 Å². The lowest BCUT2D eigenvalue weighted by Gasteiger charge is -2.34. The summed E-state index contributed by atoms with van der Waals surface area (Å²) in [6.07, 6.45) is 3.97. The number of rotatable bonds is 5.